The minimum Gasteiger partial charge on any atom is -0.266 e. The molecule has 0 aromatic rings. The first kappa shape index (κ1) is 6.48. The molecular weight excluding hydrogens is 152 g/mol. The molecule has 5 heteroatoms. The molecule has 0 bridgehead atoms. The molecule has 1 aliphatic heterocycles. The lowest BCUT2D eigenvalue weighted by Gasteiger charge is -1.94. The van der Waals surface area contributed by atoms with Gasteiger partial charge in [0.25, 0.3) is 0 Å². The third kappa shape index (κ3) is 1.42. The summed E-state index contributed by atoms with van der Waals surface area (Å²) in [6.45, 7) is 0.343. The quantitative estimate of drug-likeness (QED) is 0.510. The molecule has 0 amide bonds. The topological polar surface area (TPSA) is 35.5 Å². The molecule has 0 aromatic carbocycles. The fourth-order valence-corrected chi connectivity index (χ4v) is 1.26. The SMILES string of the molecule is O=S1OCC(CCl)O1. The van der Waals surface area contributed by atoms with Crippen LogP contribution in [-0.4, -0.2) is 22.8 Å². The first-order valence-electron chi connectivity index (χ1n) is 2.11. The van der Waals surface area contributed by atoms with E-state index in [1.54, 1.807) is 0 Å². The highest BCUT2D eigenvalue weighted by Crippen LogP contribution is 2.08. The number of rotatable bonds is 1. The monoisotopic (exact) mass is 156 g/mol. The van der Waals surface area contributed by atoms with E-state index in [2.05, 4.69) is 8.37 Å². The summed E-state index contributed by atoms with van der Waals surface area (Å²) in [5, 5.41) is 0. The minimum absolute atomic E-state index is 0.183. The van der Waals surface area contributed by atoms with Crippen LogP contribution < -0.4 is 0 Å². The highest BCUT2D eigenvalue weighted by Gasteiger charge is 2.21. The second-order valence-electron chi connectivity index (χ2n) is 1.36. The summed E-state index contributed by atoms with van der Waals surface area (Å²) < 4.78 is 19.4. The zero-order valence-corrected chi connectivity index (χ0v) is 5.57. The summed E-state index contributed by atoms with van der Waals surface area (Å²) >= 11 is 3.80. The van der Waals surface area contributed by atoms with E-state index < -0.39 is 11.4 Å². The van der Waals surface area contributed by atoms with Crippen LogP contribution in [0.25, 0.3) is 0 Å². The van der Waals surface area contributed by atoms with Gasteiger partial charge in [0.2, 0.25) is 0 Å². The van der Waals surface area contributed by atoms with Gasteiger partial charge in [-0.15, -0.1) is 11.6 Å². The van der Waals surface area contributed by atoms with Crippen molar-refractivity contribution < 1.29 is 12.6 Å². The van der Waals surface area contributed by atoms with Gasteiger partial charge in [0.15, 0.2) is 0 Å². The van der Waals surface area contributed by atoms with Crippen molar-refractivity contribution in [3.63, 3.8) is 0 Å². The molecule has 1 aliphatic rings. The molecule has 3 nitrogen and oxygen atoms in total. The van der Waals surface area contributed by atoms with Crippen molar-refractivity contribution in [2.45, 2.75) is 6.10 Å². The first-order chi connectivity index (χ1) is 3.83. The van der Waals surface area contributed by atoms with E-state index >= 15 is 0 Å². The smallest absolute Gasteiger partial charge is 0.266 e. The maximum atomic E-state index is 10.2. The van der Waals surface area contributed by atoms with Gasteiger partial charge in [-0.3, -0.25) is 8.37 Å². The van der Waals surface area contributed by atoms with Crippen LogP contribution in [0.15, 0.2) is 0 Å². The Morgan fingerprint density at radius 2 is 2.62 bits per heavy atom. The maximum absolute atomic E-state index is 10.2. The van der Waals surface area contributed by atoms with Crippen LogP contribution in [-0.2, 0) is 19.7 Å². The Balaban J connectivity index is 2.32. The van der Waals surface area contributed by atoms with Crippen molar-refractivity contribution in [1.29, 1.82) is 0 Å². The highest BCUT2D eigenvalue weighted by molar-refractivity contribution is 7.75. The van der Waals surface area contributed by atoms with Crippen LogP contribution in [0.5, 0.6) is 0 Å². The Kier molecular flexibility index (Phi) is 2.25. The van der Waals surface area contributed by atoms with E-state index in [1.807, 2.05) is 0 Å². The fourth-order valence-electron chi connectivity index (χ4n) is 0.368. The third-order valence-corrected chi connectivity index (χ3v) is 1.84. The Morgan fingerprint density at radius 3 is 2.88 bits per heavy atom. The number of hydrogen-bond donors (Lipinski definition) is 0. The molecule has 0 aliphatic carbocycles. The van der Waals surface area contributed by atoms with Gasteiger partial charge in [0.1, 0.15) is 6.10 Å². The molecule has 0 spiro atoms. The molecule has 1 heterocycles. The third-order valence-electron chi connectivity index (χ3n) is 0.737. The molecule has 0 saturated carbocycles. The maximum Gasteiger partial charge on any atom is 0.305 e. The summed E-state index contributed by atoms with van der Waals surface area (Å²) in [5.41, 5.74) is 0. The molecule has 48 valence electrons. The average molecular weight is 157 g/mol. The minimum atomic E-state index is -1.54. The van der Waals surface area contributed by atoms with E-state index in [0.717, 1.165) is 0 Å². The normalized spacial score (nSPS) is 38.1. The largest absolute Gasteiger partial charge is 0.305 e. The summed E-state index contributed by atoms with van der Waals surface area (Å²) in [4.78, 5) is 0. The van der Waals surface area contributed by atoms with E-state index in [0.29, 0.717) is 12.5 Å². The van der Waals surface area contributed by atoms with Gasteiger partial charge in [0, 0.05) is 0 Å². The molecule has 2 atom stereocenters. The second kappa shape index (κ2) is 2.77. The number of alkyl halides is 1. The standard InChI is InChI=1S/C3H5ClO3S/c4-1-3-2-6-8(5)7-3/h3H,1-2H2. The van der Waals surface area contributed by atoms with Gasteiger partial charge >= 0.3 is 11.4 Å². The summed E-state index contributed by atoms with van der Waals surface area (Å²) in [6, 6.07) is 0. The van der Waals surface area contributed by atoms with Crippen molar-refractivity contribution in [1.82, 2.24) is 0 Å². The van der Waals surface area contributed by atoms with E-state index in [4.69, 9.17) is 11.6 Å². The Hall–Kier alpha value is 0.360. The Morgan fingerprint density at radius 1 is 1.88 bits per heavy atom. The van der Waals surface area contributed by atoms with Gasteiger partial charge in [-0.25, -0.2) is 0 Å². The van der Waals surface area contributed by atoms with Crippen molar-refractivity contribution in [2.75, 3.05) is 12.5 Å². The molecule has 2 unspecified atom stereocenters. The van der Waals surface area contributed by atoms with E-state index in [1.165, 1.54) is 0 Å². The molecular formula is C3H5ClO3S. The van der Waals surface area contributed by atoms with E-state index in [9.17, 15) is 4.21 Å². The van der Waals surface area contributed by atoms with Crippen LogP contribution in [0.4, 0.5) is 0 Å². The van der Waals surface area contributed by atoms with Gasteiger partial charge in [-0.2, -0.15) is 4.21 Å². The summed E-state index contributed by atoms with van der Waals surface area (Å²) in [5.74, 6) is 0.339. The zero-order chi connectivity index (χ0) is 5.98. The van der Waals surface area contributed by atoms with E-state index in [-0.39, 0.29) is 6.10 Å². The molecule has 1 rings (SSSR count). The predicted octanol–water partition coefficient (Wildman–Crippen LogP) is 0.219. The van der Waals surface area contributed by atoms with Gasteiger partial charge < -0.3 is 0 Å². The Bertz CT molecular complexity index is 107. The fraction of sp³-hybridized carbons (Fsp3) is 1.00. The molecule has 0 radical (unpaired) electrons. The molecule has 8 heavy (non-hydrogen) atoms. The van der Waals surface area contributed by atoms with Crippen LogP contribution in [0.1, 0.15) is 0 Å². The average Bonchev–Trinajstić information content (AvgIpc) is 2.14. The molecule has 1 saturated heterocycles. The summed E-state index contributed by atoms with van der Waals surface area (Å²) in [6.07, 6.45) is -0.183. The van der Waals surface area contributed by atoms with Gasteiger partial charge in [-0.05, 0) is 0 Å². The van der Waals surface area contributed by atoms with Crippen molar-refractivity contribution in [3.8, 4) is 0 Å². The number of hydrogen-bond acceptors (Lipinski definition) is 3. The van der Waals surface area contributed by atoms with Crippen LogP contribution in [0.3, 0.4) is 0 Å². The van der Waals surface area contributed by atoms with Crippen molar-refractivity contribution in [2.24, 2.45) is 0 Å². The summed E-state index contributed by atoms with van der Waals surface area (Å²) in [7, 11) is 0. The molecule has 0 N–H and O–H groups in total. The highest BCUT2D eigenvalue weighted by atomic mass is 35.5. The molecule has 0 aromatic heterocycles. The lowest BCUT2D eigenvalue weighted by atomic mass is 10.5. The van der Waals surface area contributed by atoms with Gasteiger partial charge in [-0.1, -0.05) is 0 Å². The van der Waals surface area contributed by atoms with Crippen LogP contribution in [0, 0.1) is 0 Å². The first-order valence-corrected chi connectivity index (χ1v) is 3.64. The van der Waals surface area contributed by atoms with Crippen molar-refractivity contribution in [3.05, 3.63) is 0 Å². The van der Waals surface area contributed by atoms with Crippen LogP contribution in [0.2, 0.25) is 0 Å². The Labute approximate surface area is 54.8 Å². The second-order valence-corrected chi connectivity index (χ2v) is 2.51. The van der Waals surface area contributed by atoms with Crippen molar-refractivity contribution >= 4 is 23.0 Å². The van der Waals surface area contributed by atoms with Gasteiger partial charge in [0.05, 0.1) is 12.5 Å². The molecule has 1 fully saturated rings. The lowest BCUT2D eigenvalue weighted by molar-refractivity contribution is 0.265. The predicted molar refractivity (Wildman–Crippen MR) is 29.7 cm³/mol. The number of halogens is 1. The van der Waals surface area contributed by atoms with Crippen LogP contribution >= 0.6 is 11.6 Å². The zero-order valence-electron chi connectivity index (χ0n) is 4.00. The lowest BCUT2D eigenvalue weighted by Crippen LogP contribution is -2.09.